The summed E-state index contributed by atoms with van der Waals surface area (Å²) >= 11 is 0. The summed E-state index contributed by atoms with van der Waals surface area (Å²) in [5, 5.41) is 6.04. The van der Waals surface area contributed by atoms with Crippen molar-refractivity contribution in [3.63, 3.8) is 0 Å². The fourth-order valence-corrected chi connectivity index (χ4v) is 3.01. The molecule has 6 heteroatoms. The molecule has 0 aliphatic rings. The number of carbonyl (C=O) groups is 1. The van der Waals surface area contributed by atoms with Gasteiger partial charge in [-0.1, -0.05) is 6.07 Å². The van der Waals surface area contributed by atoms with E-state index in [1.165, 1.54) is 23.5 Å². The molecule has 1 aromatic heterocycles. The Labute approximate surface area is 172 Å². The second-order valence-corrected chi connectivity index (χ2v) is 6.89. The van der Waals surface area contributed by atoms with E-state index in [1.807, 2.05) is 42.5 Å². The zero-order valence-corrected chi connectivity index (χ0v) is 17.4. The average molecular weight is 390 g/mol. The van der Waals surface area contributed by atoms with Gasteiger partial charge >= 0.3 is 0 Å². The maximum Gasteiger partial charge on any atom is 0.258 e. The highest BCUT2D eigenvalue weighted by molar-refractivity contribution is 6.04. The Morgan fingerprint density at radius 2 is 1.52 bits per heavy atom. The van der Waals surface area contributed by atoms with E-state index in [1.54, 1.807) is 0 Å². The van der Waals surface area contributed by atoms with Crippen LogP contribution in [0.5, 0.6) is 0 Å². The number of amides is 1. The van der Waals surface area contributed by atoms with Crippen molar-refractivity contribution in [1.82, 2.24) is 9.97 Å². The molecule has 1 amide bonds. The standard InChI is InChI=1S/C23H27N5O/c1-5-28(6-2)21-11-9-19(10-12-21)26-22(29)18-14-24-23(25-15-18)27-20-8-7-16(3)17(4)13-20/h7-15H,5-6H2,1-4H3,(H,26,29)(H,24,25,27). The van der Waals surface area contributed by atoms with Crippen molar-refractivity contribution < 1.29 is 4.79 Å². The number of hydrogen-bond acceptors (Lipinski definition) is 5. The summed E-state index contributed by atoms with van der Waals surface area (Å²) in [5.74, 6) is 0.215. The molecule has 3 rings (SSSR count). The van der Waals surface area contributed by atoms with Gasteiger partial charge in [0.05, 0.1) is 5.56 Å². The lowest BCUT2D eigenvalue weighted by Crippen LogP contribution is -2.21. The van der Waals surface area contributed by atoms with Gasteiger partial charge < -0.3 is 15.5 Å². The summed E-state index contributed by atoms with van der Waals surface area (Å²) in [7, 11) is 0. The van der Waals surface area contributed by atoms with E-state index in [-0.39, 0.29) is 5.91 Å². The van der Waals surface area contributed by atoms with E-state index >= 15 is 0 Å². The van der Waals surface area contributed by atoms with Gasteiger partial charge in [-0.2, -0.15) is 0 Å². The fourth-order valence-electron chi connectivity index (χ4n) is 3.01. The molecular weight excluding hydrogens is 362 g/mol. The van der Waals surface area contributed by atoms with Crippen LogP contribution in [0.4, 0.5) is 23.0 Å². The van der Waals surface area contributed by atoms with E-state index in [0.717, 1.165) is 30.2 Å². The molecule has 0 atom stereocenters. The van der Waals surface area contributed by atoms with Crippen molar-refractivity contribution in [3.05, 3.63) is 71.5 Å². The van der Waals surface area contributed by atoms with Crippen molar-refractivity contribution in [2.45, 2.75) is 27.7 Å². The van der Waals surface area contributed by atoms with Crippen LogP contribution in [-0.4, -0.2) is 29.0 Å². The SMILES string of the molecule is CCN(CC)c1ccc(NC(=O)c2cnc(Nc3ccc(C)c(C)c3)nc2)cc1. The van der Waals surface area contributed by atoms with Crippen molar-refractivity contribution >= 4 is 28.9 Å². The molecule has 0 aliphatic heterocycles. The minimum atomic E-state index is -0.238. The van der Waals surface area contributed by atoms with E-state index in [4.69, 9.17) is 0 Å². The van der Waals surface area contributed by atoms with Crippen molar-refractivity contribution in [1.29, 1.82) is 0 Å². The number of anilines is 4. The van der Waals surface area contributed by atoms with Crippen LogP contribution in [0.15, 0.2) is 54.9 Å². The smallest absolute Gasteiger partial charge is 0.258 e. The predicted octanol–water partition coefficient (Wildman–Crippen LogP) is 4.94. The predicted molar refractivity (Wildman–Crippen MR) is 119 cm³/mol. The number of nitrogens with one attached hydrogen (secondary N) is 2. The molecule has 0 radical (unpaired) electrons. The van der Waals surface area contributed by atoms with Crippen LogP contribution in [0.1, 0.15) is 35.3 Å². The van der Waals surface area contributed by atoms with Crippen molar-refractivity contribution in [2.75, 3.05) is 28.6 Å². The molecule has 150 valence electrons. The molecule has 0 unspecified atom stereocenters. The number of benzene rings is 2. The van der Waals surface area contributed by atoms with E-state index < -0.39 is 0 Å². The Morgan fingerprint density at radius 3 is 2.10 bits per heavy atom. The molecule has 0 saturated carbocycles. The van der Waals surface area contributed by atoms with Gasteiger partial charge in [0.1, 0.15) is 0 Å². The van der Waals surface area contributed by atoms with Gasteiger partial charge in [-0.3, -0.25) is 4.79 Å². The lowest BCUT2D eigenvalue weighted by Gasteiger charge is -2.21. The molecular formula is C23H27N5O. The molecule has 2 N–H and O–H groups in total. The van der Waals surface area contributed by atoms with Gasteiger partial charge in [-0.15, -0.1) is 0 Å². The first-order valence-electron chi connectivity index (χ1n) is 9.82. The first kappa shape index (κ1) is 20.3. The molecule has 1 heterocycles. The van der Waals surface area contributed by atoms with Crippen molar-refractivity contribution in [3.8, 4) is 0 Å². The van der Waals surface area contributed by atoms with E-state index in [2.05, 4.69) is 53.2 Å². The largest absolute Gasteiger partial charge is 0.372 e. The summed E-state index contributed by atoms with van der Waals surface area (Å²) in [6.07, 6.45) is 3.05. The minimum Gasteiger partial charge on any atom is -0.372 e. The molecule has 0 aliphatic carbocycles. The Kier molecular flexibility index (Phi) is 6.44. The molecule has 0 saturated heterocycles. The maximum atomic E-state index is 12.5. The Morgan fingerprint density at radius 1 is 0.897 bits per heavy atom. The molecule has 0 spiro atoms. The van der Waals surface area contributed by atoms with Gasteiger partial charge in [-0.05, 0) is 75.2 Å². The van der Waals surface area contributed by atoms with Crippen LogP contribution in [0.3, 0.4) is 0 Å². The first-order chi connectivity index (χ1) is 14.0. The lowest BCUT2D eigenvalue weighted by atomic mass is 10.1. The van der Waals surface area contributed by atoms with Crippen LogP contribution in [-0.2, 0) is 0 Å². The Balaban J connectivity index is 1.63. The van der Waals surface area contributed by atoms with Gasteiger partial charge in [-0.25, -0.2) is 9.97 Å². The monoisotopic (exact) mass is 389 g/mol. The van der Waals surface area contributed by atoms with Gasteiger partial charge in [0.25, 0.3) is 5.91 Å². The zero-order chi connectivity index (χ0) is 20.8. The normalized spacial score (nSPS) is 10.5. The molecule has 6 nitrogen and oxygen atoms in total. The summed E-state index contributed by atoms with van der Waals surface area (Å²) in [5.41, 5.74) is 5.62. The first-order valence-corrected chi connectivity index (χ1v) is 9.82. The zero-order valence-electron chi connectivity index (χ0n) is 17.4. The Bertz CT molecular complexity index is 964. The third-order valence-electron chi connectivity index (χ3n) is 4.93. The average Bonchev–Trinajstić information content (AvgIpc) is 2.73. The molecule has 3 aromatic rings. The van der Waals surface area contributed by atoms with E-state index in [0.29, 0.717) is 11.5 Å². The number of aromatic nitrogens is 2. The lowest BCUT2D eigenvalue weighted by molar-refractivity contribution is 0.102. The number of rotatable bonds is 7. The van der Waals surface area contributed by atoms with Gasteiger partial charge in [0.15, 0.2) is 0 Å². The molecule has 0 bridgehead atoms. The minimum absolute atomic E-state index is 0.238. The van der Waals surface area contributed by atoms with Crippen LogP contribution in [0.2, 0.25) is 0 Å². The summed E-state index contributed by atoms with van der Waals surface area (Å²) in [4.78, 5) is 23.2. The topological polar surface area (TPSA) is 70.2 Å². The summed E-state index contributed by atoms with van der Waals surface area (Å²) < 4.78 is 0. The highest BCUT2D eigenvalue weighted by Crippen LogP contribution is 2.19. The van der Waals surface area contributed by atoms with Crippen molar-refractivity contribution in [2.24, 2.45) is 0 Å². The number of carbonyl (C=O) groups excluding carboxylic acids is 1. The molecule has 29 heavy (non-hydrogen) atoms. The van der Waals surface area contributed by atoms with Crippen LogP contribution in [0, 0.1) is 13.8 Å². The highest BCUT2D eigenvalue weighted by atomic mass is 16.1. The Hall–Kier alpha value is -3.41. The van der Waals surface area contributed by atoms with Crippen LogP contribution in [0.25, 0.3) is 0 Å². The maximum absolute atomic E-state index is 12.5. The summed E-state index contributed by atoms with van der Waals surface area (Å²) in [6, 6.07) is 13.9. The number of hydrogen-bond donors (Lipinski definition) is 2. The second-order valence-electron chi connectivity index (χ2n) is 6.89. The third-order valence-corrected chi connectivity index (χ3v) is 4.93. The van der Waals surface area contributed by atoms with Gasteiger partial charge in [0, 0.05) is 42.5 Å². The highest BCUT2D eigenvalue weighted by Gasteiger charge is 2.09. The third kappa shape index (κ3) is 5.10. The fraction of sp³-hybridized carbons (Fsp3) is 0.261. The van der Waals surface area contributed by atoms with Gasteiger partial charge in [0.2, 0.25) is 5.95 Å². The second kappa shape index (κ2) is 9.19. The van der Waals surface area contributed by atoms with Crippen LogP contribution >= 0.6 is 0 Å². The molecule has 2 aromatic carbocycles. The number of nitrogens with zero attached hydrogens (tertiary/aromatic N) is 3. The van der Waals surface area contributed by atoms with Crippen LogP contribution < -0.4 is 15.5 Å². The quantitative estimate of drug-likeness (QED) is 0.599. The number of aryl methyl sites for hydroxylation is 2. The summed E-state index contributed by atoms with van der Waals surface area (Å²) in [6.45, 7) is 10.3. The van der Waals surface area contributed by atoms with E-state index in [9.17, 15) is 4.79 Å². The molecule has 0 fully saturated rings.